The molecule has 5 nitrogen and oxygen atoms in total. The quantitative estimate of drug-likeness (QED) is 0.780. The van der Waals surface area contributed by atoms with E-state index in [-0.39, 0.29) is 11.3 Å². The monoisotopic (exact) mass is 386 g/mol. The van der Waals surface area contributed by atoms with Crippen molar-refractivity contribution in [1.82, 2.24) is 9.80 Å². The van der Waals surface area contributed by atoms with Crippen molar-refractivity contribution in [2.75, 3.05) is 53.1 Å². The molecule has 8 heteroatoms. The van der Waals surface area contributed by atoms with Gasteiger partial charge >= 0.3 is 6.18 Å². The fourth-order valence-corrected chi connectivity index (χ4v) is 3.91. The van der Waals surface area contributed by atoms with Crippen LogP contribution in [0, 0.1) is 5.41 Å². The molecule has 1 atom stereocenters. The first-order chi connectivity index (χ1) is 12.8. The van der Waals surface area contributed by atoms with Crippen molar-refractivity contribution in [3.63, 3.8) is 0 Å². The van der Waals surface area contributed by atoms with Crippen LogP contribution in [0.15, 0.2) is 24.3 Å². The number of alkyl halides is 3. The molecule has 27 heavy (non-hydrogen) atoms. The van der Waals surface area contributed by atoms with Gasteiger partial charge in [-0.2, -0.15) is 13.2 Å². The molecule has 2 fully saturated rings. The molecule has 2 aliphatic heterocycles. The molecule has 0 N–H and O–H groups in total. The van der Waals surface area contributed by atoms with Crippen LogP contribution in [0.5, 0.6) is 0 Å². The number of rotatable bonds is 5. The highest BCUT2D eigenvalue weighted by Gasteiger charge is 2.45. The Morgan fingerprint density at radius 3 is 2.85 bits per heavy atom. The van der Waals surface area contributed by atoms with Crippen LogP contribution in [0.25, 0.3) is 0 Å². The average molecular weight is 386 g/mol. The molecule has 1 spiro atoms. The van der Waals surface area contributed by atoms with Crippen LogP contribution >= 0.6 is 0 Å². The zero-order chi connectivity index (χ0) is 19.5. The number of hydrogen-bond acceptors (Lipinski definition) is 4. The zero-order valence-electron chi connectivity index (χ0n) is 15.4. The van der Waals surface area contributed by atoms with Gasteiger partial charge in [-0.3, -0.25) is 9.69 Å². The van der Waals surface area contributed by atoms with Crippen LogP contribution in [-0.2, 0) is 27.0 Å². The van der Waals surface area contributed by atoms with E-state index in [0.29, 0.717) is 64.5 Å². The Hall–Kier alpha value is -1.64. The first-order valence-corrected chi connectivity index (χ1v) is 9.04. The SMILES string of the molecule is COCCN1CC2(COCCN(Cc3cccc(C(F)(F)F)c3)C2)CC1=O. The molecule has 2 saturated heterocycles. The van der Waals surface area contributed by atoms with Crippen molar-refractivity contribution in [2.45, 2.75) is 19.1 Å². The highest BCUT2D eigenvalue weighted by atomic mass is 19.4. The van der Waals surface area contributed by atoms with Crippen molar-refractivity contribution in [2.24, 2.45) is 5.41 Å². The number of benzene rings is 1. The third-order valence-electron chi connectivity index (χ3n) is 5.15. The van der Waals surface area contributed by atoms with Gasteiger partial charge in [0.15, 0.2) is 0 Å². The summed E-state index contributed by atoms with van der Waals surface area (Å²) in [5.74, 6) is 0.0802. The minimum atomic E-state index is -4.35. The van der Waals surface area contributed by atoms with E-state index in [2.05, 4.69) is 4.90 Å². The fourth-order valence-electron chi connectivity index (χ4n) is 3.91. The highest BCUT2D eigenvalue weighted by molar-refractivity contribution is 5.79. The van der Waals surface area contributed by atoms with Crippen molar-refractivity contribution in [3.8, 4) is 0 Å². The minimum Gasteiger partial charge on any atom is -0.383 e. The molecule has 0 aliphatic carbocycles. The van der Waals surface area contributed by atoms with Gasteiger partial charge < -0.3 is 14.4 Å². The average Bonchev–Trinajstić information content (AvgIpc) is 2.78. The standard InChI is InChI=1S/C19H25F3N2O3/c1-26-7-6-24-13-18(10-17(24)25)12-23(5-8-27-14-18)11-15-3-2-4-16(9-15)19(20,21)22/h2-4,9H,5-8,10-14H2,1H3. The number of halogens is 3. The van der Waals surface area contributed by atoms with Gasteiger partial charge in [-0.15, -0.1) is 0 Å². The number of carbonyl (C=O) groups excluding carboxylic acids is 1. The predicted molar refractivity (Wildman–Crippen MR) is 93.0 cm³/mol. The van der Waals surface area contributed by atoms with Crippen LogP contribution in [0.1, 0.15) is 17.5 Å². The summed E-state index contributed by atoms with van der Waals surface area (Å²) in [5.41, 5.74) is -0.340. The molecular formula is C19H25F3N2O3. The van der Waals surface area contributed by atoms with Crippen LogP contribution in [0.2, 0.25) is 0 Å². The van der Waals surface area contributed by atoms with Crippen LogP contribution < -0.4 is 0 Å². The van der Waals surface area contributed by atoms with E-state index < -0.39 is 11.7 Å². The molecule has 2 heterocycles. The lowest BCUT2D eigenvalue weighted by Gasteiger charge is -2.31. The second kappa shape index (κ2) is 8.16. The van der Waals surface area contributed by atoms with E-state index in [1.165, 1.54) is 12.1 Å². The third-order valence-corrected chi connectivity index (χ3v) is 5.15. The summed E-state index contributed by atoms with van der Waals surface area (Å²) in [6, 6.07) is 5.43. The van der Waals surface area contributed by atoms with Crippen LogP contribution in [-0.4, -0.2) is 68.8 Å². The first kappa shape index (κ1) is 20.1. The Bertz CT molecular complexity index is 668. The summed E-state index contributed by atoms with van der Waals surface area (Å²) in [4.78, 5) is 16.2. The number of nitrogens with zero attached hydrogens (tertiary/aromatic N) is 2. The maximum atomic E-state index is 13.0. The summed E-state index contributed by atoms with van der Waals surface area (Å²) >= 11 is 0. The number of carbonyl (C=O) groups is 1. The van der Waals surface area contributed by atoms with E-state index >= 15 is 0 Å². The highest BCUT2D eigenvalue weighted by Crippen LogP contribution is 2.35. The Kier molecular flexibility index (Phi) is 6.08. The van der Waals surface area contributed by atoms with Gasteiger partial charge in [0.25, 0.3) is 0 Å². The number of ether oxygens (including phenoxy) is 2. The Balaban J connectivity index is 1.70. The van der Waals surface area contributed by atoms with Gasteiger partial charge in [0.1, 0.15) is 0 Å². The predicted octanol–water partition coefficient (Wildman–Crippen LogP) is 2.40. The van der Waals surface area contributed by atoms with E-state index in [4.69, 9.17) is 9.47 Å². The molecule has 2 aliphatic rings. The summed E-state index contributed by atoms with van der Waals surface area (Å²) in [6.07, 6.45) is -3.95. The number of methoxy groups -OCH3 is 1. The number of likely N-dealkylation sites (tertiary alicyclic amines) is 1. The van der Waals surface area contributed by atoms with Crippen molar-refractivity contribution >= 4 is 5.91 Å². The lowest BCUT2D eigenvalue weighted by molar-refractivity contribution is -0.137. The van der Waals surface area contributed by atoms with Crippen molar-refractivity contribution in [3.05, 3.63) is 35.4 Å². The second-order valence-electron chi connectivity index (χ2n) is 7.45. The number of hydrogen-bond donors (Lipinski definition) is 0. The molecular weight excluding hydrogens is 361 g/mol. The summed E-state index contributed by atoms with van der Waals surface area (Å²) in [7, 11) is 1.60. The maximum Gasteiger partial charge on any atom is 0.416 e. The maximum absolute atomic E-state index is 13.0. The molecule has 1 amide bonds. The Morgan fingerprint density at radius 2 is 2.11 bits per heavy atom. The lowest BCUT2D eigenvalue weighted by atomic mass is 9.87. The van der Waals surface area contributed by atoms with E-state index in [9.17, 15) is 18.0 Å². The van der Waals surface area contributed by atoms with Crippen molar-refractivity contribution in [1.29, 1.82) is 0 Å². The van der Waals surface area contributed by atoms with Crippen LogP contribution in [0.4, 0.5) is 13.2 Å². The molecule has 150 valence electrons. The summed E-state index contributed by atoms with van der Waals surface area (Å²) in [6.45, 7) is 4.27. The minimum absolute atomic E-state index is 0.0802. The second-order valence-corrected chi connectivity index (χ2v) is 7.45. The molecule has 3 rings (SSSR count). The normalized spacial score (nSPS) is 24.6. The van der Waals surface area contributed by atoms with Crippen molar-refractivity contribution < 1.29 is 27.4 Å². The summed E-state index contributed by atoms with van der Waals surface area (Å²) < 4.78 is 49.7. The molecule has 1 aromatic carbocycles. The molecule has 1 aromatic rings. The smallest absolute Gasteiger partial charge is 0.383 e. The van der Waals surface area contributed by atoms with E-state index in [1.807, 2.05) is 0 Å². The largest absolute Gasteiger partial charge is 0.416 e. The van der Waals surface area contributed by atoms with E-state index in [0.717, 1.165) is 6.07 Å². The Labute approximate surface area is 157 Å². The van der Waals surface area contributed by atoms with Gasteiger partial charge in [-0.1, -0.05) is 18.2 Å². The van der Waals surface area contributed by atoms with E-state index in [1.54, 1.807) is 18.1 Å². The molecule has 1 unspecified atom stereocenters. The lowest BCUT2D eigenvalue weighted by Crippen LogP contribution is -2.40. The topological polar surface area (TPSA) is 42.0 Å². The van der Waals surface area contributed by atoms with Gasteiger partial charge in [0.05, 0.1) is 25.4 Å². The third kappa shape index (κ3) is 5.00. The Morgan fingerprint density at radius 1 is 1.30 bits per heavy atom. The number of amides is 1. The molecule has 0 radical (unpaired) electrons. The molecule has 0 aromatic heterocycles. The molecule has 0 saturated carbocycles. The van der Waals surface area contributed by atoms with Gasteiger partial charge in [-0.05, 0) is 11.6 Å². The molecule has 0 bridgehead atoms. The van der Waals surface area contributed by atoms with Gasteiger partial charge in [0, 0.05) is 51.7 Å². The first-order valence-electron chi connectivity index (χ1n) is 9.04. The summed E-state index contributed by atoms with van der Waals surface area (Å²) in [5, 5.41) is 0. The van der Waals surface area contributed by atoms with Gasteiger partial charge in [-0.25, -0.2) is 0 Å². The van der Waals surface area contributed by atoms with Crippen LogP contribution in [0.3, 0.4) is 0 Å². The zero-order valence-corrected chi connectivity index (χ0v) is 15.4. The van der Waals surface area contributed by atoms with Gasteiger partial charge in [0.2, 0.25) is 5.91 Å². The fraction of sp³-hybridized carbons (Fsp3) is 0.632.